The molecule has 2 aromatic rings. The fraction of sp³-hybridized carbons (Fsp3) is 0.500. The van der Waals surface area contributed by atoms with Gasteiger partial charge >= 0.3 is 0 Å². The van der Waals surface area contributed by atoms with Gasteiger partial charge in [-0.2, -0.15) is 10.1 Å². The van der Waals surface area contributed by atoms with Crippen LogP contribution in [0, 0.1) is 0 Å². The van der Waals surface area contributed by atoms with Gasteiger partial charge in [-0.15, -0.1) is 5.10 Å². The van der Waals surface area contributed by atoms with E-state index >= 15 is 0 Å². The molecule has 1 unspecified atom stereocenters. The predicted molar refractivity (Wildman–Crippen MR) is 103 cm³/mol. The standard InChI is InChI=1S/C18H25N5O2S/c1-2-23(16-10-12-26(24,25)14-16)17-13-20-22-18(21-17)19-11-6-9-15-7-4-3-5-8-15/h3-5,7-8,13,16H,2,6,9-12,14H2,1H3,(H,19,21,22). The average Bonchev–Trinajstić information content (AvgIpc) is 3.00. The topological polar surface area (TPSA) is 88.1 Å². The number of anilines is 2. The first-order valence-electron chi connectivity index (χ1n) is 9.02. The third-order valence-corrected chi connectivity index (χ3v) is 6.35. The van der Waals surface area contributed by atoms with E-state index in [0.717, 1.165) is 19.4 Å². The highest BCUT2D eigenvalue weighted by Gasteiger charge is 2.32. The summed E-state index contributed by atoms with van der Waals surface area (Å²) in [6.45, 7) is 3.44. The Bertz CT molecular complexity index is 813. The van der Waals surface area contributed by atoms with E-state index in [2.05, 4.69) is 32.6 Å². The minimum atomic E-state index is -2.93. The van der Waals surface area contributed by atoms with Gasteiger partial charge in [0.2, 0.25) is 5.95 Å². The molecule has 2 heterocycles. The molecule has 0 spiro atoms. The molecule has 1 aromatic carbocycles. The van der Waals surface area contributed by atoms with Crippen molar-refractivity contribution >= 4 is 21.6 Å². The van der Waals surface area contributed by atoms with E-state index in [1.54, 1.807) is 6.20 Å². The maximum Gasteiger partial charge on any atom is 0.244 e. The Labute approximate surface area is 154 Å². The van der Waals surface area contributed by atoms with Gasteiger partial charge in [0, 0.05) is 19.1 Å². The van der Waals surface area contributed by atoms with E-state index < -0.39 is 9.84 Å². The molecule has 0 saturated carbocycles. The van der Waals surface area contributed by atoms with Gasteiger partial charge in [-0.1, -0.05) is 30.3 Å². The van der Waals surface area contributed by atoms with Crippen LogP contribution in [0.15, 0.2) is 36.5 Å². The molecule has 1 N–H and O–H groups in total. The number of nitrogens with zero attached hydrogens (tertiary/aromatic N) is 4. The van der Waals surface area contributed by atoms with Crippen LogP contribution in [0.3, 0.4) is 0 Å². The third kappa shape index (κ3) is 4.91. The molecule has 8 heteroatoms. The highest BCUT2D eigenvalue weighted by Crippen LogP contribution is 2.22. The normalized spacial score (nSPS) is 18.6. The molecule has 0 aliphatic carbocycles. The molecule has 1 fully saturated rings. The first kappa shape index (κ1) is 18.6. The molecule has 1 aliphatic heterocycles. The Morgan fingerprint density at radius 2 is 2.08 bits per heavy atom. The lowest BCUT2D eigenvalue weighted by Gasteiger charge is -2.27. The zero-order chi connectivity index (χ0) is 18.4. The molecular formula is C18H25N5O2S. The van der Waals surface area contributed by atoms with E-state index in [4.69, 9.17) is 0 Å². The number of sulfone groups is 1. The average molecular weight is 375 g/mol. The quantitative estimate of drug-likeness (QED) is 0.705. The number of aryl methyl sites for hydroxylation is 1. The second kappa shape index (κ2) is 8.44. The fourth-order valence-electron chi connectivity index (χ4n) is 3.27. The molecule has 7 nitrogen and oxygen atoms in total. The van der Waals surface area contributed by atoms with Crippen LogP contribution in [-0.2, 0) is 16.3 Å². The summed E-state index contributed by atoms with van der Waals surface area (Å²) >= 11 is 0. The summed E-state index contributed by atoms with van der Waals surface area (Å²) < 4.78 is 23.5. The summed E-state index contributed by atoms with van der Waals surface area (Å²) in [5, 5.41) is 11.3. The lowest BCUT2D eigenvalue weighted by Crippen LogP contribution is -2.37. The molecule has 26 heavy (non-hydrogen) atoms. The minimum absolute atomic E-state index is 0.0346. The molecule has 1 aliphatic rings. The van der Waals surface area contributed by atoms with Gasteiger partial charge in [-0.05, 0) is 31.7 Å². The summed E-state index contributed by atoms with van der Waals surface area (Å²) in [6.07, 6.45) is 4.20. The smallest absolute Gasteiger partial charge is 0.244 e. The monoisotopic (exact) mass is 375 g/mol. The zero-order valence-electron chi connectivity index (χ0n) is 15.0. The van der Waals surface area contributed by atoms with E-state index in [9.17, 15) is 8.42 Å². The van der Waals surface area contributed by atoms with Gasteiger partial charge in [-0.3, -0.25) is 0 Å². The van der Waals surface area contributed by atoms with Crippen molar-refractivity contribution in [1.82, 2.24) is 15.2 Å². The number of rotatable bonds is 8. The summed E-state index contributed by atoms with van der Waals surface area (Å²) in [4.78, 5) is 6.54. The van der Waals surface area contributed by atoms with Crippen molar-refractivity contribution in [2.45, 2.75) is 32.2 Å². The molecule has 0 bridgehead atoms. The predicted octanol–water partition coefficient (Wildman–Crippen LogP) is 1.93. The van der Waals surface area contributed by atoms with Crippen LogP contribution < -0.4 is 10.2 Å². The van der Waals surface area contributed by atoms with E-state index in [-0.39, 0.29) is 17.5 Å². The number of aromatic nitrogens is 3. The first-order valence-corrected chi connectivity index (χ1v) is 10.8. The molecule has 1 aromatic heterocycles. The van der Waals surface area contributed by atoms with E-state index in [0.29, 0.717) is 24.7 Å². The van der Waals surface area contributed by atoms with Crippen LogP contribution in [0.5, 0.6) is 0 Å². The number of benzene rings is 1. The largest absolute Gasteiger partial charge is 0.353 e. The van der Waals surface area contributed by atoms with Crippen LogP contribution in [0.4, 0.5) is 11.8 Å². The Kier molecular flexibility index (Phi) is 6.03. The summed E-state index contributed by atoms with van der Waals surface area (Å²) in [6, 6.07) is 10.3. The highest BCUT2D eigenvalue weighted by atomic mass is 32.2. The Morgan fingerprint density at radius 1 is 1.27 bits per heavy atom. The number of hydrogen-bond donors (Lipinski definition) is 1. The van der Waals surface area contributed by atoms with Gasteiger partial charge < -0.3 is 10.2 Å². The Hall–Kier alpha value is -2.22. The zero-order valence-corrected chi connectivity index (χ0v) is 15.8. The van der Waals surface area contributed by atoms with Crippen molar-refractivity contribution in [2.75, 3.05) is 34.8 Å². The van der Waals surface area contributed by atoms with Crippen LogP contribution in [0.2, 0.25) is 0 Å². The minimum Gasteiger partial charge on any atom is -0.353 e. The van der Waals surface area contributed by atoms with Crippen LogP contribution in [0.1, 0.15) is 25.3 Å². The molecule has 140 valence electrons. The maximum absolute atomic E-state index is 11.8. The van der Waals surface area contributed by atoms with E-state index in [1.165, 1.54) is 5.56 Å². The second-order valence-electron chi connectivity index (χ2n) is 6.50. The Balaban J connectivity index is 1.57. The van der Waals surface area contributed by atoms with E-state index in [1.807, 2.05) is 30.0 Å². The lowest BCUT2D eigenvalue weighted by molar-refractivity contribution is 0.599. The van der Waals surface area contributed by atoms with Crippen molar-refractivity contribution in [1.29, 1.82) is 0 Å². The molecule has 3 rings (SSSR count). The molecule has 0 radical (unpaired) electrons. The van der Waals surface area contributed by atoms with Gasteiger partial charge in [0.1, 0.15) is 0 Å². The van der Waals surface area contributed by atoms with Gasteiger partial charge in [0.05, 0.1) is 17.7 Å². The van der Waals surface area contributed by atoms with Crippen LogP contribution in [0.25, 0.3) is 0 Å². The van der Waals surface area contributed by atoms with Crippen LogP contribution in [-0.4, -0.2) is 54.2 Å². The van der Waals surface area contributed by atoms with Crippen molar-refractivity contribution in [3.63, 3.8) is 0 Å². The van der Waals surface area contributed by atoms with Crippen LogP contribution >= 0.6 is 0 Å². The number of nitrogens with one attached hydrogen (secondary N) is 1. The number of hydrogen-bond acceptors (Lipinski definition) is 7. The highest BCUT2D eigenvalue weighted by molar-refractivity contribution is 7.91. The third-order valence-electron chi connectivity index (χ3n) is 4.60. The van der Waals surface area contributed by atoms with Gasteiger partial charge in [0.15, 0.2) is 15.7 Å². The Morgan fingerprint density at radius 3 is 2.77 bits per heavy atom. The summed E-state index contributed by atoms with van der Waals surface area (Å²) in [5.74, 6) is 1.59. The molecule has 1 atom stereocenters. The lowest BCUT2D eigenvalue weighted by atomic mass is 10.1. The SMILES string of the molecule is CCN(c1cnnc(NCCCc2ccccc2)n1)C1CCS(=O)(=O)C1. The molecule has 0 amide bonds. The fourth-order valence-corrected chi connectivity index (χ4v) is 5.00. The van der Waals surface area contributed by atoms with Gasteiger partial charge in [-0.25, -0.2) is 8.42 Å². The van der Waals surface area contributed by atoms with Crippen molar-refractivity contribution in [3.05, 3.63) is 42.1 Å². The van der Waals surface area contributed by atoms with Crippen molar-refractivity contribution in [2.24, 2.45) is 0 Å². The maximum atomic E-state index is 11.8. The molecular weight excluding hydrogens is 350 g/mol. The summed E-state index contributed by atoms with van der Waals surface area (Å²) in [5.41, 5.74) is 1.31. The van der Waals surface area contributed by atoms with Crippen molar-refractivity contribution in [3.8, 4) is 0 Å². The summed E-state index contributed by atoms with van der Waals surface area (Å²) in [7, 11) is -2.93. The van der Waals surface area contributed by atoms with Gasteiger partial charge in [0.25, 0.3) is 0 Å². The molecule has 1 saturated heterocycles. The second-order valence-corrected chi connectivity index (χ2v) is 8.73. The van der Waals surface area contributed by atoms with Crippen molar-refractivity contribution < 1.29 is 8.42 Å². The first-order chi connectivity index (χ1) is 12.6.